The molecule has 0 unspecified atom stereocenters. The Labute approximate surface area is 105 Å². The molecule has 0 bridgehead atoms. The third-order valence-corrected chi connectivity index (χ3v) is 2.48. The van der Waals surface area contributed by atoms with Gasteiger partial charge in [0.25, 0.3) is 0 Å². The highest BCUT2D eigenvalue weighted by Crippen LogP contribution is 2.19. The van der Waals surface area contributed by atoms with Crippen molar-refractivity contribution < 1.29 is 13.9 Å². The van der Waals surface area contributed by atoms with Crippen LogP contribution >= 0.6 is 27.5 Å². The van der Waals surface area contributed by atoms with Crippen LogP contribution in [-0.2, 0) is 0 Å². The minimum Gasteiger partial charge on any atom is -0.442 e. The van der Waals surface area contributed by atoms with Gasteiger partial charge in [0.05, 0.1) is 0 Å². The topological polar surface area (TPSA) is 39.4 Å². The SMILES string of the molecule is O=C(Oc1ccc(Cl)cc1)c1ccc(Br)o1. The Bertz CT molecular complexity index is 504. The standard InChI is InChI=1S/C11H6BrClO3/c12-10-6-5-9(16-10)11(14)15-8-3-1-7(13)2-4-8/h1-6H. The average Bonchev–Trinajstić information content (AvgIpc) is 2.68. The minimum absolute atomic E-state index is 0.141. The van der Waals surface area contributed by atoms with Crippen molar-refractivity contribution >= 4 is 33.5 Å². The molecule has 0 saturated heterocycles. The Balaban J connectivity index is 2.10. The van der Waals surface area contributed by atoms with E-state index in [2.05, 4.69) is 15.9 Å². The molecule has 2 aromatic rings. The Kier molecular flexibility index (Phi) is 3.31. The molecule has 16 heavy (non-hydrogen) atoms. The minimum atomic E-state index is -0.548. The maximum Gasteiger partial charge on any atom is 0.379 e. The second-order valence-electron chi connectivity index (χ2n) is 2.95. The van der Waals surface area contributed by atoms with Crippen molar-refractivity contribution in [3.63, 3.8) is 0 Å². The second-order valence-corrected chi connectivity index (χ2v) is 4.17. The normalized spacial score (nSPS) is 10.1. The third kappa shape index (κ3) is 2.65. The molecule has 82 valence electrons. The van der Waals surface area contributed by atoms with Crippen LogP contribution in [0.5, 0.6) is 5.75 Å². The summed E-state index contributed by atoms with van der Waals surface area (Å²) >= 11 is 8.81. The Morgan fingerprint density at radius 2 is 1.88 bits per heavy atom. The highest BCUT2D eigenvalue weighted by molar-refractivity contribution is 9.10. The Morgan fingerprint density at radius 1 is 1.19 bits per heavy atom. The molecule has 5 heteroatoms. The number of rotatable bonds is 2. The van der Waals surface area contributed by atoms with Gasteiger partial charge in [-0.25, -0.2) is 4.79 Å². The lowest BCUT2D eigenvalue weighted by atomic mass is 10.3. The predicted molar refractivity (Wildman–Crippen MR) is 62.8 cm³/mol. The van der Waals surface area contributed by atoms with Gasteiger partial charge in [-0.05, 0) is 52.3 Å². The first-order valence-corrected chi connectivity index (χ1v) is 5.55. The van der Waals surface area contributed by atoms with Crippen LogP contribution in [0, 0.1) is 0 Å². The number of esters is 1. The number of carbonyl (C=O) groups is 1. The van der Waals surface area contributed by atoms with Crippen LogP contribution < -0.4 is 4.74 Å². The fourth-order valence-electron chi connectivity index (χ4n) is 1.08. The van der Waals surface area contributed by atoms with Gasteiger partial charge in [0, 0.05) is 5.02 Å². The lowest BCUT2D eigenvalue weighted by Gasteiger charge is -2.01. The maximum atomic E-state index is 11.5. The van der Waals surface area contributed by atoms with Crippen molar-refractivity contribution in [3.05, 3.63) is 51.9 Å². The molecule has 0 N–H and O–H groups in total. The molecule has 3 nitrogen and oxygen atoms in total. The summed E-state index contributed by atoms with van der Waals surface area (Å²) in [6.45, 7) is 0. The van der Waals surface area contributed by atoms with E-state index in [4.69, 9.17) is 20.8 Å². The zero-order chi connectivity index (χ0) is 11.5. The summed E-state index contributed by atoms with van der Waals surface area (Å²) < 4.78 is 10.6. The van der Waals surface area contributed by atoms with Gasteiger partial charge >= 0.3 is 5.97 Å². The third-order valence-electron chi connectivity index (χ3n) is 1.80. The highest BCUT2D eigenvalue weighted by atomic mass is 79.9. The summed E-state index contributed by atoms with van der Waals surface area (Å²) in [5.74, 6) is 0.0109. The monoisotopic (exact) mass is 300 g/mol. The van der Waals surface area contributed by atoms with Crippen LogP contribution in [0.1, 0.15) is 10.6 Å². The van der Waals surface area contributed by atoms with Gasteiger partial charge in [0.1, 0.15) is 5.75 Å². The van der Waals surface area contributed by atoms with Crippen LogP contribution in [0.2, 0.25) is 5.02 Å². The summed E-state index contributed by atoms with van der Waals surface area (Å²) in [4.78, 5) is 11.5. The number of benzene rings is 1. The van der Waals surface area contributed by atoms with Gasteiger partial charge in [-0.2, -0.15) is 0 Å². The molecule has 1 heterocycles. The number of hydrogen-bond donors (Lipinski definition) is 0. The van der Waals surface area contributed by atoms with Crippen LogP contribution in [0.3, 0.4) is 0 Å². The fourth-order valence-corrected chi connectivity index (χ4v) is 1.52. The second kappa shape index (κ2) is 4.72. The van der Waals surface area contributed by atoms with E-state index in [9.17, 15) is 4.79 Å². The van der Waals surface area contributed by atoms with Crippen LogP contribution in [-0.4, -0.2) is 5.97 Å². The molecule has 0 aliphatic heterocycles. The zero-order valence-electron chi connectivity index (χ0n) is 7.94. The zero-order valence-corrected chi connectivity index (χ0v) is 10.3. The van der Waals surface area contributed by atoms with Gasteiger partial charge in [-0.3, -0.25) is 0 Å². The molecular weight excluding hydrogens is 295 g/mol. The summed E-state index contributed by atoms with van der Waals surface area (Å²) in [6, 6.07) is 9.65. The molecule has 0 aliphatic carbocycles. The summed E-state index contributed by atoms with van der Waals surface area (Å²) in [6.07, 6.45) is 0. The number of halogens is 2. The quantitative estimate of drug-likeness (QED) is 0.623. The number of hydrogen-bond acceptors (Lipinski definition) is 3. The van der Waals surface area contributed by atoms with E-state index >= 15 is 0 Å². The lowest BCUT2D eigenvalue weighted by molar-refractivity contribution is 0.0700. The predicted octanol–water partition coefficient (Wildman–Crippen LogP) is 3.91. The van der Waals surface area contributed by atoms with Gasteiger partial charge < -0.3 is 9.15 Å². The summed E-state index contributed by atoms with van der Waals surface area (Å²) in [5, 5.41) is 0.584. The first kappa shape index (κ1) is 11.2. The van der Waals surface area contributed by atoms with E-state index < -0.39 is 5.97 Å². The van der Waals surface area contributed by atoms with Crippen LogP contribution in [0.25, 0.3) is 0 Å². The van der Waals surface area contributed by atoms with E-state index in [1.54, 1.807) is 30.3 Å². The van der Waals surface area contributed by atoms with Crippen molar-refractivity contribution in [3.8, 4) is 5.75 Å². The molecule has 0 radical (unpaired) electrons. The van der Waals surface area contributed by atoms with E-state index in [-0.39, 0.29) is 5.76 Å². The maximum absolute atomic E-state index is 11.5. The van der Waals surface area contributed by atoms with Crippen molar-refractivity contribution in [2.45, 2.75) is 0 Å². The molecule has 0 amide bonds. The van der Waals surface area contributed by atoms with Crippen molar-refractivity contribution in [1.29, 1.82) is 0 Å². The fraction of sp³-hybridized carbons (Fsp3) is 0. The first-order valence-electron chi connectivity index (χ1n) is 4.38. The molecule has 0 saturated carbocycles. The van der Waals surface area contributed by atoms with Crippen LogP contribution in [0.15, 0.2) is 45.5 Å². The molecule has 1 aromatic carbocycles. The van der Waals surface area contributed by atoms with Gasteiger partial charge in [-0.15, -0.1) is 0 Å². The van der Waals surface area contributed by atoms with E-state index in [1.807, 2.05) is 0 Å². The van der Waals surface area contributed by atoms with Crippen molar-refractivity contribution in [2.75, 3.05) is 0 Å². The van der Waals surface area contributed by atoms with E-state index in [1.165, 1.54) is 6.07 Å². The molecule has 0 fully saturated rings. The van der Waals surface area contributed by atoms with Crippen molar-refractivity contribution in [2.24, 2.45) is 0 Å². The first-order chi connectivity index (χ1) is 7.65. The van der Waals surface area contributed by atoms with Gasteiger partial charge in [0.15, 0.2) is 4.67 Å². The Morgan fingerprint density at radius 3 is 2.44 bits per heavy atom. The smallest absolute Gasteiger partial charge is 0.379 e. The summed E-state index contributed by atoms with van der Waals surface area (Å²) in [7, 11) is 0. The number of ether oxygens (including phenoxy) is 1. The molecule has 2 rings (SSSR count). The lowest BCUT2D eigenvalue weighted by Crippen LogP contribution is -2.06. The molecule has 1 aromatic heterocycles. The largest absolute Gasteiger partial charge is 0.442 e. The van der Waals surface area contributed by atoms with Crippen LogP contribution in [0.4, 0.5) is 0 Å². The van der Waals surface area contributed by atoms with Gasteiger partial charge in [-0.1, -0.05) is 11.6 Å². The molecular formula is C11H6BrClO3. The highest BCUT2D eigenvalue weighted by Gasteiger charge is 2.12. The van der Waals surface area contributed by atoms with E-state index in [0.29, 0.717) is 15.4 Å². The van der Waals surface area contributed by atoms with E-state index in [0.717, 1.165) is 0 Å². The average molecular weight is 302 g/mol. The summed E-state index contributed by atoms with van der Waals surface area (Å²) in [5.41, 5.74) is 0. The molecule has 0 atom stereocenters. The number of carbonyl (C=O) groups excluding carboxylic acids is 1. The molecule has 0 spiro atoms. The molecule has 0 aliphatic rings. The number of furan rings is 1. The Hall–Kier alpha value is -1.26. The van der Waals surface area contributed by atoms with Crippen molar-refractivity contribution in [1.82, 2.24) is 0 Å². The van der Waals surface area contributed by atoms with Gasteiger partial charge in [0.2, 0.25) is 5.76 Å².